The fourth-order valence-electron chi connectivity index (χ4n) is 4.04. The molecule has 3 N–H and O–H groups in total. The summed E-state index contributed by atoms with van der Waals surface area (Å²) in [6.45, 7) is 0.288. The van der Waals surface area contributed by atoms with Gasteiger partial charge in [-0.25, -0.2) is 9.59 Å². The van der Waals surface area contributed by atoms with Gasteiger partial charge >= 0.3 is 12.1 Å². The molecular weight excluding hydrogens is 454 g/mol. The van der Waals surface area contributed by atoms with E-state index in [0.717, 1.165) is 22.3 Å². The Bertz CT molecular complexity index is 1180. The van der Waals surface area contributed by atoms with Crippen LogP contribution in [0.25, 0.3) is 11.1 Å². The van der Waals surface area contributed by atoms with E-state index in [2.05, 4.69) is 27.9 Å². The summed E-state index contributed by atoms with van der Waals surface area (Å²) in [5.41, 5.74) is 4.39. The Labute approximate surface area is 201 Å². The molecule has 10 nitrogen and oxygen atoms in total. The molecule has 1 aliphatic carbocycles. The van der Waals surface area contributed by atoms with Crippen LogP contribution in [-0.4, -0.2) is 54.6 Å². The van der Waals surface area contributed by atoms with Crippen molar-refractivity contribution in [1.82, 2.24) is 15.8 Å². The van der Waals surface area contributed by atoms with Crippen LogP contribution < -0.4 is 10.6 Å². The molecule has 1 unspecified atom stereocenters. The van der Waals surface area contributed by atoms with Crippen molar-refractivity contribution >= 4 is 18.0 Å². The minimum absolute atomic E-state index is 0.0526. The number of amides is 2. The minimum Gasteiger partial charge on any atom is -0.480 e. The van der Waals surface area contributed by atoms with Crippen molar-refractivity contribution in [3.8, 4) is 11.1 Å². The van der Waals surface area contributed by atoms with Crippen molar-refractivity contribution in [3.05, 3.63) is 77.2 Å². The van der Waals surface area contributed by atoms with E-state index in [9.17, 15) is 19.5 Å². The van der Waals surface area contributed by atoms with Gasteiger partial charge in [0.2, 0.25) is 0 Å². The maximum atomic E-state index is 12.3. The Morgan fingerprint density at radius 2 is 1.74 bits per heavy atom. The van der Waals surface area contributed by atoms with Crippen LogP contribution >= 0.6 is 0 Å². The standard InChI is InChI=1S/C25H25N3O7/c1-33-11-10-21(24(30)31)27-23(29)22-12-15(35-28-22)13-26-25(32)34-14-20-18-8-4-2-6-16(18)17-7-3-5-9-19(17)20/h2-9,12,20-21H,10-11,13-14H2,1H3,(H,26,32)(H,27,29)(H,30,31). The fourth-order valence-corrected chi connectivity index (χ4v) is 4.04. The molecule has 3 aromatic rings. The number of alkyl carbamates (subject to hydrolysis) is 1. The van der Waals surface area contributed by atoms with Crippen molar-refractivity contribution in [3.63, 3.8) is 0 Å². The second-order valence-electron chi connectivity index (χ2n) is 8.00. The maximum absolute atomic E-state index is 12.3. The van der Waals surface area contributed by atoms with Crippen molar-refractivity contribution in [2.75, 3.05) is 20.3 Å². The SMILES string of the molecule is COCCC(NC(=O)c1cc(CNC(=O)OCC2c3ccccc3-c3ccccc32)on1)C(=O)O. The number of hydrogen-bond donors (Lipinski definition) is 3. The third-order valence-electron chi connectivity index (χ3n) is 5.76. The van der Waals surface area contributed by atoms with Crippen LogP contribution in [0.2, 0.25) is 0 Å². The van der Waals surface area contributed by atoms with Gasteiger partial charge in [0.05, 0.1) is 6.54 Å². The van der Waals surface area contributed by atoms with E-state index in [-0.39, 0.29) is 43.6 Å². The summed E-state index contributed by atoms with van der Waals surface area (Å²) in [5.74, 6) is -1.73. The Morgan fingerprint density at radius 1 is 1.09 bits per heavy atom. The zero-order chi connectivity index (χ0) is 24.8. The van der Waals surface area contributed by atoms with Gasteiger partial charge in [-0.15, -0.1) is 0 Å². The zero-order valence-corrected chi connectivity index (χ0v) is 19.0. The molecule has 35 heavy (non-hydrogen) atoms. The Morgan fingerprint density at radius 3 is 2.37 bits per heavy atom. The molecule has 0 saturated heterocycles. The second-order valence-corrected chi connectivity index (χ2v) is 8.00. The highest BCUT2D eigenvalue weighted by Crippen LogP contribution is 2.44. The van der Waals surface area contributed by atoms with Crippen molar-refractivity contribution in [2.45, 2.75) is 24.9 Å². The monoisotopic (exact) mass is 479 g/mol. The first kappa shape index (κ1) is 24.0. The summed E-state index contributed by atoms with van der Waals surface area (Å²) in [5, 5.41) is 17.8. The van der Waals surface area contributed by atoms with Gasteiger partial charge in [-0.2, -0.15) is 0 Å². The van der Waals surface area contributed by atoms with E-state index in [1.54, 1.807) is 0 Å². The van der Waals surface area contributed by atoms with E-state index in [4.69, 9.17) is 14.0 Å². The van der Waals surface area contributed by atoms with E-state index in [1.807, 2.05) is 36.4 Å². The smallest absolute Gasteiger partial charge is 0.407 e. The van der Waals surface area contributed by atoms with Gasteiger partial charge in [-0.05, 0) is 22.3 Å². The summed E-state index contributed by atoms with van der Waals surface area (Å²) in [6, 6.07) is 16.3. The largest absolute Gasteiger partial charge is 0.480 e. The quantitative estimate of drug-likeness (QED) is 0.403. The molecule has 182 valence electrons. The Hall–Kier alpha value is -4.18. The highest BCUT2D eigenvalue weighted by atomic mass is 16.5. The number of carbonyl (C=O) groups excluding carboxylic acids is 2. The molecule has 1 aromatic heterocycles. The molecule has 1 atom stereocenters. The number of nitrogens with one attached hydrogen (secondary N) is 2. The minimum atomic E-state index is -1.18. The van der Waals surface area contributed by atoms with Crippen LogP contribution in [0.5, 0.6) is 0 Å². The number of aromatic nitrogens is 1. The van der Waals surface area contributed by atoms with Gasteiger partial charge < -0.3 is 29.7 Å². The van der Waals surface area contributed by atoms with Gasteiger partial charge in [0, 0.05) is 32.1 Å². The molecule has 0 fully saturated rings. The lowest BCUT2D eigenvalue weighted by Crippen LogP contribution is -2.41. The van der Waals surface area contributed by atoms with Gasteiger partial charge in [-0.3, -0.25) is 4.79 Å². The van der Waals surface area contributed by atoms with Gasteiger partial charge in [0.25, 0.3) is 5.91 Å². The number of nitrogens with zero attached hydrogens (tertiary/aromatic N) is 1. The molecule has 0 aliphatic heterocycles. The molecule has 2 aromatic carbocycles. The van der Waals surface area contributed by atoms with Crippen molar-refractivity contribution in [2.24, 2.45) is 0 Å². The first-order chi connectivity index (χ1) is 17.0. The van der Waals surface area contributed by atoms with E-state index in [0.29, 0.717) is 0 Å². The lowest BCUT2D eigenvalue weighted by atomic mass is 9.98. The molecule has 0 bridgehead atoms. The second kappa shape index (κ2) is 10.8. The summed E-state index contributed by atoms with van der Waals surface area (Å²) in [6.07, 6.45) is -0.536. The van der Waals surface area contributed by atoms with Crippen LogP contribution in [0.1, 0.15) is 39.7 Å². The average Bonchev–Trinajstić information content (AvgIpc) is 3.47. The molecule has 0 saturated carbocycles. The van der Waals surface area contributed by atoms with E-state index < -0.39 is 24.0 Å². The number of benzene rings is 2. The molecule has 0 radical (unpaired) electrons. The first-order valence-corrected chi connectivity index (χ1v) is 11.0. The number of aliphatic carboxylic acids is 1. The topological polar surface area (TPSA) is 140 Å². The van der Waals surface area contributed by atoms with Crippen LogP contribution in [-0.2, 0) is 20.8 Å². The molecule has 2 amide bonds. The first-order valence-electron chi connectivity index (χ1n) is 11.0. The molecule has 0 spiro atoms. The van der Waals surface area contributed by atoms with Crippen molar-refractivity contribution in [1.29, 1.82) is 0 Å². The summed E-state index contributed by atoms with van der Waals surface area (Å²) < 4.78 is 15.4. The highest BCUT2D eigenvalue weighted by Gasteiger charge is 2.29. The van der Waals surface area contributed by atoms with Gasteiger partial charge in [0.1, 0.15) is 12.6 Å². The van der Waals surface area contributed by atoms with Gasteiger partial charge in [0.15, 0.2) is 11.5 Å². The summed E-state index contributed by atoms with van der Waals surface area (Å²) >= 11 is 0. The van der Waals surface area contributed by atoms with E-state index >= 15 is 0 Å². The van der Waals surface area contributed by atoms with Crippen molar-refractivity contribution < 1.29 is 33.5 Å². The fraction of sp³-hybridized carbons (Fsp3) is 0.280. The lowest BCUT2D eigenvalue weighted by Gasteiger charge is -2.14. The predicted octanol–water partition coefficient (Wildman–Crippen LogP) is 2.93. The lowest BCUT2D eigenvalue weighted by molar-refractivity contribution is -0.139. The summed E-state index contributed by atoms with van der Waals surface area (Å²) in [7, 11) is 1.44. The molecule has 10 heteroatoms. The number of rotatable bonds is 10. The number of fused-ring (bicyclic) bond motifs is 3. The number of carboxylic acid groups (broad SMARTS) is 1. The predicted molar refractivity (Wildman–Crippen MR) is 124 cm³/mol. The zero-order valence-electron chi connectivity index (χ0n) is 19.0. The third kappa shape index (κ3) is 5.49. The van der Waals surface area contributed by atoms with Crippen LogP contribution in [0.15, 0.2) is 59.1 Å². The van der Waals surface area contributed by atoms with Crippen LogP contribution in [0, 0.1) is 0 Å². The molecule has 4 rings (SSSR count). The number of methoxy groups -OCH3 is 1. The number of ether oxygens (including phenoxy) is 2. The molecule has 1 heterocycles. The van der Waals surface area contributed by atoms with Crippen LogP contribution in [0.4, 0.5) is 4.79 Å². The number of hydrogen-bond acceptors (Lipinski definition) is 7. The highest BCUT2D eigenvalue weighted by molar-refractivity contribution is 5.94. The van der Waals surface area contributed by atoms with E-state index in [1.165, 1.54) is 13.2 Å². The normalized spacial score (nSPS) is 12.9. The summed E-state index contributed by atoms with van der Waals surface area (Å²) in [4.78, 5) is 35.9. The number of carboxylic acids is 1. The van der Waals surface area contributed by atoms with Gasteiger partial charge in [-0.1, -0.05) is 53.7 Å². The third-order valence-corrected chi connectivity index (χ3v) is 5.76. The maximum Gasteiger partial charge on any atom is 0.407 e. The van der Waals surface area contributed by atoms with Crippen LogP contribution in [0.3, 0.4) is 0 Å². The Kier molecular flexibility index (Phi) is 7.41. The number of carbonyl (C=O) groups is 3. The molecular formula is C25H25N3O7. The average molecular weight is 479 g/mol. The Balaban J connectivity index is 1.29. The molecule has 1 aliphatic rings.